The van der Waals surface area contributed by atoms with Crippen molar-refractivity contribution in [2.75, 3.05) is 53.4 Å². The van der Waals surface area contributed by atoms with Crippen molar-refractivity contribution in [3.8, 4) is 0 Å². The molecule has 0 rings (SSSR count). The second-order valence-corrected chi connectivity index (χ2v) is 4.74. The molecule has 19 heavy (non-hydrogen) atoms. The molecular formula is C12H25NO5Si. The molecule has 0 aliphatic heterocycles. The summed E-state index contributed by atoms with van der Waals surface area (Å²) in [4.78, 5) is 13.0. The highest BCUT2D eigenvalue weighted by Crippen LogP contribution is 1.95. The van der Waals surface area contributed by atoms with Crippen LogP contribution in [0.4, 0.5) is 4.79 Å². The summed E-state index contributed by atoms with van der Waals surface area (Å²) < 4.78 is 20.4. The lowest BCUT2D eigenvalue weighted by Gasteiger charge is -2.19. The number of amides is 1. The topological polar surface area (TPSA) is 57.2 Å². The number of hydrogen-bond donors (Lipinski definition) is 0. The van der Waals surface area contributed by atoms with Crippen LogP contribution in [0.3, 0.4) is 0 Å². The van der Waals surface area contributed by atoms with Crippen molar-refractivity contribution in [3.05, 3.63) is 0 Å². The van der Waals surface area contributed by atoms with Gasteiger partial charge < -0.3 is 23.5 Å². The quantitative estimate of drug-likeness (QED) is 0.398. The van der Waals surface area contributed by atoms with Gasteiger partial charge in [-0.05, 0) is 12.8 Å². The van der Waals surface area contributed by atoms with Gasteiger partial charge in [-0.15, -0.1) is 0 Å². The van der Waals surface area contributed by atoms with Gasteiger partial charge in [0.2, 0.25) is 0 Å². The van der Waals surface area contributed by atoms with E-state index in [0.29, 0.717) is 39.1 Å². The van der Waals surface area contributed by atoms with E-state index in [4.69, 9.17) is 18.6 Å². The van der Waals surface area contributed by atoms with E-state index in [-0.39, 0.29) is 15.9 Å². The molecule has 1 amide bonds. The predicted octanol–water partition coefficient (Wildman–Crippen LogP) is 1.11. The standard InChI is InChI=1S/C12H25NO5Si/c1-4-6-13(12(14)16-3)11-19-18-8-5-7-17-10-9-15-2/h4-11H2,1-3H3. The molecule has 2 radical (unpaired) electrons. The third kappa shape index (κ3) is 10.9. The Morgan fingerprint density at radius 1 is 1.16 bits per heavy atom. The summed E-state index contributed by atoms with van der Waals surface area (Å²) in [7, 11) is 3.32. The molecule has 0 N–H and O–H groups in total. The molecule has 0 atom stereocenters. The molecule has 0 aromatic rings. The van der Waals surface area contributed by atoms with Gasteiger partial charge in [-0.2, -0.15) is 0 Å². The fourth-order valence-electron chi connectivity index (χ4n) is 1.31. The highest BCUT2D eigenvalue weighted by atomic mass is 28.2. The Labute approximate surface area is 118 Å². The van der Waals surface area contributed by atoms with Crippen LogP contribution in [0.5, 0.6) is 0 Å². The molecule has 0 aliphatic carbocycles. The minimum atomic E-state index is -0.291. The zero-order chi connectivity index (χ0) is 14.3. The van der Waals surface area contributed by atoms with Crippen LogP contribution >= 0.6 is 0 Å². The maximum atomic E-state index is 11.4. The number of carbonyl (C=O) groups excluding carboxylic acids is 1. The second-order valence-electron chi connectivity index (χ2n) is 3.84. The summed E-state index contributed by atoms with van der Waals surface area (Å²) in [5.74, 6) is 0. The summed E-state index contributed by atoms with van der Waals surface area (Å²) in [5.41, 5.74) is 0. The van der Waals surface area contributed by atoms with Crippen LogP contribution < -0.4 is 0 Å². The maximum absolute atomic E-state index is 11.4. The third-order valence-corrected chi connectivity index (χ3v) is 3.17. The Bertz CT molecular complexity index is 218. The molecule has 6 nitrogen and oxygen atoms in total. The fraction of sp³-hybridized carbons (Fsp3) is 0.917. The highest BCUT2D eigenvalue weighted by molar-refractivity contribution is 6.27. The largest absolute Gasteiger partial charge is 0.453 e. The number of ether oxygens (including phenoxy) is 3. The smallest absolute Gasteiger partial charge is 0.409 e. The maximum Gasteiger partial charge on any atom is 0.409 e. The van der Waals surface area contributed by atoms with E-state index in [9.17, 15) is 4.79 Å². The van der Waals surface area contributed by atoms with Crippen LogP contribution in [0.2, 0.25) is 0 Å². The number of rotatable bonds is 12. The van der Waals surface area contributed by atoms with Gasteiger partial charge >= 0.3 is 6.09 Å². The zero-order valence-electron chi connectivity index (χ0n) is 12.1. The second kappa shape index (κ2) is 13.8. The van der Waals surface area contributed by atoms with Crippen molar-refractivity contribution >= 4 is 15.9 Å². The number of carbonyl (C=O) groups is 1. The Balaban J connectivity index is 3.42. The summed E-state index contributed by atoms with van der Waals surface area (Å²) in [6.07, 6.45) is 2.06. The van der Waals surface area contributed by atoms with Crippen LogP contribution in [0.15, 0.2) is 0 Å². The van der Waals surface area contributed by atoms with E-state index in [1.807, 2.05) is 6.92 Å². The van der Waals surface area contributed by atoms with Crippen LogP contribution in [-0.4, -0.2) is 74.1 Å². The van der Waals surface area contributed by atoms with E-state index in [0.717, 1.165) is 12.8 Å². The Morgan fingerprint density at radius 3 is 2.58 bits per heavy atom. The van der Waals surface area contributed by atoms with Crippen molar-refractivity contribution in [1.29, 1.82) is 0 Å². The van der Waals surface area contributed by atoms with Gasteiger partial charge in [-0.25, -0.2) is 4.79 Å². The Kier molecular flexibility index (Phi) is 13.3. The molecule has 0 heterocycles. The van der Waals surface area contributed by atoms with Crippen molar-refractivity contribution in [2.45, 2.75) is 19.8 Å². The number of methoxy groups -OCH3 is 2. The normalized spacial score (nSPS) is 10.5. The molecule has 0 unspecified atom stereocenters. The molecule has 0 bridgehead atoms. The van der Waals surface area contributed by atoms with Gasteiger partial charge in [0.25, 0.3) is 9.76 Å². The van der Waals surface area contributed by atoms with E-state index in [1.54, 1.807) is 12.0 Å². The summed E-state index contributed by atoms with van der Waals surface area (Å²) in [6.45, 7) is 5.27. The van der Waals surface area contributed by atoms with Gasteiger partial charge in [0, 0.05) is 33.0 Å². The van der Waals surface area contributed by atoms with E-state index in [1.165, 1.54) is 7.11 Å². The fourth-order valence-corrected chi connectivity index (χ4v) is 2.13. The van der Waals surface area contributed by atoms with Crippen molar-refractivity contribution in [3.63, 3.8) is 0 Å². The Morgan fingerprint density at radius 2 is 1.95 bits per heavy atom. The number of nitrogens with zero attached hydrogens (tertiary/aromatic N) is 1. The molecule has 0 spiro atoms. The predicted molar refractivity (Wildman–Crippen MR) is 73.3 cm³/mol. The first-order valence-corrected chi connectivity index (χ1v) is 7.62. The highest BCUT2D eigenvalue weighted by Gasteiger charge is 2.12. The lowest BCUT2D eigenvalue weighted by atomic mass is 10.5. The zero-order valence-corrected chi connectivity index (χ0v) is 13.1. The molecule has 0 aromatic heterocycles. The first-order valence-electron chi connectivity index (χ1n) is 6.50. The molecular weight excluding hydrogens is 266 g/mol. The van der Waals surface area contributed by atoms with Crippen molar-refractivity contribution in [2.24, 2.45) is 0 Å². The molecule has 0 aromatic carbocycles. The van der Waals surface area contributed by atoms with Gasteiger partial charge in [-0.1, -0.05) is 6.92 Å². The summed E-state index contributed by atoms with van der Waals surface area (Å²) in [5, 5.41) is 0. The van der Waals surface area contributed by atoms with Crippen LogP contribution in [0, 0.1) is 0 Å². The minimum Gasteiger partial charge on any atom is -0.453 e. The van der Waals surface area contributed by atoms with Crippen LogP contribution in [0.1, 0.15) is 19.8 Å². The molecule has 112 valence electrons. The van der Waals surface area contributed by atoms with Gasteiger partial charge in [0.05, 0.1) is 20.3 Å². The third-order valence-electron chi connectivity index (χ3n) is 2.25. The monoisotopic (exact) mass is 291 g/mol. The van der Waals surface area contributed by atoms with Gasteiger partial charge in [0.1, 0.15) is 0 Å². The lowest BCUT2D eigenvalue weighted by molar-refractivity contribution is 0.0644. The molecule has 0 fully saturated rings. The van der Waals surface area contributed by atoms with E-state index < -0.39 is 0 Å². The lowest BCUT2D eigenvalue weighted by Crippen LogP contribution is -2.35. The first kappa shape index (κ1) is 18.4. The molecule has 7 heteroatoms. The number of hydrogen-bond acceptors (Lipinski definition) is 5. The van der Waals surface area contributed by atoms with Crippen molar-refractivity contribution < 1.29 is 23.4 Å². The van der Waals surface area contributed by atoms with E-state index >= 15 is 0 Å². The van der Waals surface area contributed by atoms with Gasteiger partial charge in [-0.3, -0.25) is 0 Å². The minimum absolute atomic E-state index is 0.275. The van der Waals surface area contributed by atoms with E-state index in [2.05, 4.69) is 0 Å². The van der Waals surface area contributed by atoms with Crippen LogP contribution in [0.25, 0.3) is 0 Å². The average molecular weight is 291 g/mol. The first-order chi connectivity index (χ1) is 9.26. The molecule has 0 saturated carbocycles. The Hall–Kier alpha value is -0.633. The molecule has 0 saturated heterocycles. The van der Waals surface area contributed by atoms with Gasteiger partial charge in [0.15, 0.2) is 0 Å². The SMILES string of the molecule is CCCN(C[Si]OCCCOCCOC)C(=O)OC. The van der Waals surface area contributed by atoms with Crippen LogP contribution in [-0.2, 0) is 18.6 Å². The molecule has 0 aliphatic rings. The summed E-state index contributed by atoms with van der Waals surface area (Å²) in [6, 6.07) is 0. The van der Waals surface area contributed by atoms with Crippen molar-refractivity contribution in [1.82, 2.24) is 4.90 Å². The average Bonchev–Trinajstić information content (AvgIpc) is 2.43. The summed E-state index contributed by atoms with van der Waals surface area (Å²) >= 11 is 0.